The summed E-state index contributed by atoms with van der Waals surface area (Å²) in [6.07, 6.45) is -2.41. The van der Waals surface area contributed by atoms with Gasteiger partial charge in [0, 0.05) is 58.8 Å². The molecule has 2 atom stereocenters. The predicted molar refractivity (Wildman–Crippen MR) is 198 cm³/mol. The van der Waals surface area contributed by atoms with E-state index in [-0.39, 0.29) is 19.1 Å². The Labute approximate surface area is 298 Å². The molecule has 52 heavy (non-hydrogen) atoms. The normalized spacial score (nSPS) is 19.2. The average molecular weight is 690 g/mol. The first-order valence-corrected chi connectivity index (χ1v) is 17.8. The zero-order valence-corrected chi connectivity index (χ0v) is 28.2. The van der Waals surface area contributed by atoms with E-state index in [1.807, 2.05) is 65.2 Å². The van der Waals surface area contributed by atoms with Gasteiger partial charge in [0.05, 0.1) is 41.3 Å². The molecule has 2 N–H and O–H groups in total. The number of nitrogens with zero attached hydrogens (tertiary/aromatic N) is 4. The number of amides is 3. The van der Waals surface area contributed by atoms with Crippen LogP contribution in [0, 0.1) is 0 Å². The lowest BCUT2D eigenvalue weighted by Gasteiger charge is -2.40. The van der Waals surface area contributed by atoms with Crippen molar-refractivity contribution in [2.24, 2.45) is 0 Å². The van der Waals surface area contributed by atoms with Crippen molar-refractivity contribution in [3.63, 3.8) is 0 Å². The number of nitrogens with one attached hydrogen (secondary N) is 1. The van der Waals surface area contributed by atoms with E-state index < -0.39 is 30.1 Å². The summed E-state index contributed by atoms with van der Waals surface area (Å²) in [5.74, 6) is -0.845. The molecule has 258 valence electrons. The molecule has 5 heterocycles. The third kappa shape index (κ3) is 4.54. The molecule has 10 rings (SSSR count). The molecule has 0 saturated carbocycles. The van der Waals surface area contributed by atoms with Crippen molar-refractivity contribution in [2.45, 2.75) is 31.3 Å². The molecule has 0 aliphatic carbocycles. The molecule has 10 nitrogen and oxygen atoms in total. The number of ether oxygens (including phenoxy) is 1. The van der Waals surface area contributed by atoms with Crippen LogP contribution in [0.15, 0.2) is 109 Å². The summed E-state index contributed by atoms with van der Waals surface area (Å²) in [4.78, 5) is 45.0. The number of fused-ring (bicyclic) bond motifs is 9. The van der Waals surface area contributed by atoms with Gasteiger partial charge in [-0.1, -0.05) is 97.1 Å². The van der Waals surface area contributed by atoms with Gasteiger partial charge in [-0.05, 0) is 23.3 Å². The van der Waals surface area contributed by atoms with Crippen LogP contribution in [0.4, 0.5) is 4.79 Å². The molecule has 0 bridgehead atoms. The van der Waals surface area contributed by atoms with Gasteiger partial charge in [-0.15, -0.1) is 0 Å². The second-order valence-corrected chi connectivity index (χ2v) is 14.0. The quantitative estimate of drug-likeness (QED) is 0.217. The van der Waals surface area contributed by atoms with E-state index in [0.29, 0.717) is 48.1 Å². The number of carbonyl (C=O) groups excluding carboxylic acids is 3. The lowest BCUT2D eigenvalue weighted by Crippen LogP contribution is -2.51. The lowest BCUT2D eigenvalue weighted by atomic mass is 9.96. The highest BCUT2D eigenvalue weighted by Gasteiger charge is 2.39. The first-order chi connectivity index (χ1) is 25.5. The van der Waals surface area contributed by atoms with E-state index >= 15 is 0 Å². The number of para-hydroxylation sites is 2. The highest BCUT2D eigenvalue weighted by molar-refractivity contribution is 6.39. The Bertz CT molecular complexity index is 2550. The molecule has 3 amide bonds. The van der Waals surface area contributed by atoms with Crippen LogP contribution in [-0.2, 0) is 17.8 Å². The Morgan fingerprint density at radius 1 is 0.654 bits per heavy atom. The fraction of sp³-hybridized carbons (Fsp3) is 0.214. The summed E-state index contributed by atoms with van der Waals surface area (Å²) < 4.78 is 10.4. The van der Waals surface area contributed by atoms with Crippen molar-refractivity contribution in [3.05, 3.63) is 131 Å². The van der Waals surface area contributed by atoms with Gasteiger partial charge in [0.25, 0.3) is 11.8 Å². The maximum atomic E-state index is 14.0. The van der Waals surface area contributed by atoms with Crippen molar-refractivity contribution >= 4 is 61.5 Å². The van der Waals surface area contributed by atoms with Crippen LogP contribution in [-0.4, -0.2) is 80.3 Å². The minimum Gasteiger partial charge on any atom is -0.441 e. The van der Waals surface area contributed by atoms with Crippen molar-refractivity contribution in [2.75, 3.05) is 26.2 Å². The Hall–Kier alpha value is -5.97. The van der Waals surface area contributed by atoms with Crippen LogP contribution in [0.5, 0.6) is 0 Å². The molecule has 3 aliphatic heterocycles. The van der Waals surface area contributed by atoms with E-state index in [9.17, 15) is 19.5 Å². The van der Waals surface area contributed by atoms with Gasteiger partial charge < -0.3 is 23.9 Å². The molecule has 2 unspecified atom stereocenters. The summed E-state index contributed by atoms with van der Waals surface area (Å²) in [5, 5.41) is 17.5. The smallest absolute Gasteiger partial charge is 0.410 e. The highest BCUT2D eigenvalue weighted by atomic mass is 16.6. The van der Waals surface area contributed by atoms with E-state index in [2.05, 4.69) is 63.3 Å². The van der Waals surface area contributed by atoms with Crippen LogP contribution in [0.25, 0.3) is 43.6 Å². The molecular weight excluding hydrogens is 654 g/mol. The molecule has 0 radical (unpaired) electrons. The van der Waals surface area contributed by atoms with Crippen molar-refractivity contribution in [1.29, 1.82) is 0 Å². The number of aliphatic hydroxyl groups excluding tert-OH is 1. The fourth-order valence-electron chi connectivity index (χ4n) is 8.89. The zero-order chi connectivity index (χ0) is 35.1. The molecule has 10 heteroatoms. The molecular formula is C42H35N5O5. The van der Waals surface area contributed by atoms with Crippen LogP contribution < -0.4 is 5.32 Å². The van der Waals surface area contributed by atoms with E-state index in [0.717, 1.165) is 32.8 Å². The summed E-state index contributed by atoms with van der Waals surface area (Å²) in [7, 11) is 0. The number of aromatic nitrogens is 2. The van der Waals surface area contributed by atoms with Crippen LogP contribution in [0.1, 0.15) is 37.9 Å². The van der Waals surface area contributed by atoms with Crippen LogP contribution in [0.3, 0.4) is 0 Å². The average Bonchev–Trinajstić information content (AvgIpc) is 3.78. The molecule has 5 aromatic carbocycles. The predicted octanol–water partition coefficient (Wildman–Crippen LogP) is 6.07. The number of benzene rings is 5. The number of hydrogen-bond acceptors (Lipinski definition) is 6. The summed E-state index contributed by atoms with van der Waals surface area (Å²) in [5.41, 5.74) is 6.34. The maximum absolute atomic E-state index is 14.0. The lowest BCUT2D eigenvalue weighted by molar-refractivity contribution is -0.0298. The monoisotopic (exact) mass is 689 g/mol. The number of rotatable bonds is 4. The minimum atomic E-state index is -1.06. The van der Waals surface area contributed by atoms with E-state index in [4.69, 9.17) is 4.74 Å². The van der Waals surface area contributed by atoms with Gasteiger partial charge in [-0.3, -0.25) is 19.8 Å². The summed E-state index contributed by atoms with van der Waals surface area (Å²) >= 11 is 0. The second kappa shape index (κ2) is 11.8. The summed E-state index contributed by atoms with van der Waals surface area (Å²) in [6, 6.07) is 36.4. The third-order valence-electron chi connectivity index (χ3n) is 11.2. The van der Waals surface area contributed by atoms with Crippen molar-refractivity contribution in [1.82, 2.24) is 24.3 Å². The number of carbonyl (C=O) groups is 3. The Morgan fingerprint density at radius 3 is 1.67 bits per heavy atom. The minimum absolute atomic E-state index is 0.0598. The van der Waals surface area contributed by atoms with Crippen LogP contribution in [0.2, 0.25) is 0 Å². The number of hydrogen-bond donors (Lipinski definition) is 2. The van der Waals surface area contributed by atoms with Gasteiger partial charge in [-0.25, -0.2) is 4.79 Å². The molecule has 0 spiro atoms. The fourth-order valence-corrected chi connectivity index (χ4v) is 8.89. The second-order valence-electron chi connectivity index (χ2n) is 14.0. The Kier molecular flexibility index (Phi) is 6.99. The van der Waals surface area contributed by atoms with Gasteiger partial charge in [0.2, 0.25) is 0 Å². The molecule has 1 fully saturated rings. The van der Waals surface area contributed by atoms with E-state index in [1.165, 1.54) is 11.1 Å². The zero-order valence-electron chi connectivity index (χ0n) is 28.2. The highest BCUT2D eigenvalue weighted by Crippen LogP contribution is 2.46. The Balaban J connectivity index is 1.01. The van der Waals surface area contributed by atoms with Crippen molar-refractivity contribution < 1.29 is 24.2 Å². The first kappa shape index (κ1) is 30.8. The molecule has 1 saturated heterocycles. The molecule has 7 aromatic rings. The number of imide groups is 1. The van der Waals surface area contributed by atoms with Crippen LogP contribution >= 0.6 is 0 Å². The Morgan fingerprint density at radius 2 is 1.13 bits per heavy atom. The topological polar surface area (TPSA) is 109 Å². The van der Waals surface area contributed by atoms with Gasteiger partial charge >= 0.3 is 6.09 Å². The van der Waals surface area contributed by atoms with Gasteiger partial charge in [0.15, 0.2) is 0 Å². The number of aliphatic hydroxyl groups is 1. The third-order valence-corrected chi connectivity index (χ3v) is 11.2. The van der Waals surface area contributed by atoms with Crippen molar-refractivity contribution in [3.8, 4) is 0 Å². The molecule has 2 aromatic heterocycles. The summed E-state index contributed by atoms with van der Waals surface area (Å²) in [6.45, 7) is 2.59. The SMILES string of the molecule is O=C1NC(=O)c2c1c1c3ccccc3n3c1c1c2c2ccccc2n1CC(OC(=O)N1CCN(C(c2ccccc2)c2ccccc2)CC1)C(O)C3. The van der Waals surface area contributed by atoms with E-state index in [1.54, 1.807) is 4.90 Å². The standard InChI is InChI=1S/C42H35N5O5/c48-31-23-46-29-17-9-7-15-27(29)33-35-36(41(50)43-40(35)49)34-28-16-8-10-18-30(28)47(39(34)38(33)46)24-32(31)52-42(51)45-21-19-44(20-22-45)37(25-11-3-1-4-12-25)26-13-5-2-6-14-26/h1-18,31-32,37,48H,19-24H2,(H,43,49,50). The van der Waals surface area contributed by atoms with Gasteiger partial charge in [0.1, 0.15) is 12.2 Å². The molecule has 3 aliphatic rings. The van der Waals surface area contributed by atoms with Gasteiger partial charge in [-0.2, -0.15) is 0 Å². The first-order valence-electron chi connectivity index (χ1n) is 17.8. The largest absolute Gasteiger partial charge is 0.441 e. The number of piperazine rings is 1. The maximum Gasteiger partial charge on any atom is 0.410 e.